The normalized spacial score (nSPS) is 16.1. The van der Waals surface area contributed by atoms with E-state index in [1.54, 1.807) is 39.3 Å². The molecule has 1 saturated heterocycles. The molecule has 33 heavy (non-hydrogen) atoms. The number of hydrogen-bond acceptors (Lipinski definition) is 8. The summed E-state index contributed by atoms with van der Waals surface area (Å²) in [5.74, 6) is 0.156. The predicted octanol–water partition coefficient (Wildman–Crippen LogP) is 2.04. The first-order chi connectivity index (χ1) is 15.4. The Labute approximate surface area is 196 Å². The Balaban J connectivity index is 1.78. The van der Waals surface area contributed by atoms with Crippen LogP contribution >= 0.6 is 0 Å². The molecule has 0 saturated carbocycles. The number of nitrogens with one attached hydrogen (secondary N) is 1. The van der Waals surface area contributed by atoms with Crippen molar-refractivity contribution in [2.75, 3.05) is 54.1 Å². The summed E-state index contributed by atoms with van der Waals surface area (Å²) in [6, 6.07) is 5.23. The highest BCUT2D eigenvalue weighted by Crippen LogP contribution is 2.29. The van der Waals surface area contributed by atoms with Crippen molar-refractivity contribution in [3.63, 3.8) is 0 Å². The van der Waals surface area contributed by atoms with Gasteiger partial charge in [-0.25, -0.2) is 3.97 Å². The zero-order valence-electron chi connectivity index (χ0n) is 20.3. The molecule has 1 aromatic heterocycles. The first kappa shape index (κ1) is 25.5. The van der Waals surface area contributed by atoms with Crippen molar-refractivity contribution in [1.29, 1.82) is 0 Å². The molecule has 0 unspecified atom stereocenters. The van der Waals surface area contributed by atoms with Gasteiger partial charge in [-0.15, -0.1) is 0 Å². The van der Waals surface area contributed by atoms with Crippen LogP contribution in [0.4, 0.5) is 0 Å². The summed E-state index contributed by atoms with van der Waals surface area (Å²) in [6.45, 7) is 7.55. The second-order valence-corrected chi connectivity index (χ2v) is 11.5. The third-order valence-corrected chi connectivity index (χ3v) is 7.11. The van der Waals surface area contributed by atoms with Crippen LogP contribution in [0.25, 0.3) is 10.9 Å². The number of ether oxygens (including phenoxy) is 2. The standard InChI is InChI=1S/C23H35N3O6S/c1-22(2,21(27)31-16-23(3)13-24-14-23)15-32-33(28,29)26-12-17(9-10-25(4)5)19-11-18(30-6)7-8-20(19)26/h7-8,11-12,24H,9-10,13-16H2,1-6H3. The summed E-state index contributed by atoms with van der Waals surface area (Å²) in [4.78, 5) is 14.6. The molecule has 1 N–H and O–H groups in total. The van der Waals surface area contributed by atoms with Gasteiger partial charge in [-0.1, -0.05) is 6.92 Å². The van der Waals surface area contributed by atoms with Gasteiger partial charge in [-0.2, -0.15) is 8.42 Å². The number of benzene rings is 1. The van der Waals surface area contributed by atoms with E-state index in [0.29, 0.717) is 17.7 Å². The highest BCUT2D eigenvalue weighted by molar-refractivity contribution is 7.85. The van der Waals surface area contributed by atoms with Gasteiger partial charge in [0.2, 0.25) is 0 Å². The average Bonchev–Trinajstić information content (AvgIpc) is 3.12. The third kappa shape index (κ3) is 5.87. The number of carbonyl (C=O) groups excluding carboxylic acids is 1. The lowest BCUT2D eigenvalue weighted by Gasteiger charge is -2.39. The fraction of sp³-hybridized carbons (Fsp3) is 0.609. The number of nitrogens with zero attached hydrogens (tertiary/aromatic N) is 2. The van der Waals surface area contributed by atoms with E-state index < -0.39 is 21.7 Å². The van der Waals surface area contributed by atoms with Crippen molar-refractivity contribution in [3.8, 4) is 5.75 Å². The number of likely N-dealkylation sites (N-methyl/N-ethyl adjacent to an activating group) is 1. The Morgan fingerprint density at radius 3 is 2.55 bits per heavy atom. The first-order valence-corrected chi connectivity index (χ1v) is 12.3. The van der Waals surface area contributed by atoms with Crippen LogP contribution in [0.5, 0.6) is 5.75 Å². The van der Waals surface area contributed by atoms with Crippen molar-refractivity contribution in [3.05, 3.63) is 30.0 Å². The summed E-state index contributed by atoms with van der Waals surface area (Å²) < 4.78 is 43.5. The first-order valence-electron chi connectivity index (χ1n) is 11.0. The maximum absolute atomic E-state index is 13.1. The molecule has 0 amide bonds. The van der Waals surface area contributed by atoms with E-state index in [2.05, 4.69) is 5.32 Å². The lowest BCUT2D eigenvalue weighted by Crippen LogP contribution is -2.54. The van der Waals surface area contributed by atoms with E-state index in [1.165, 1.54) is 0 Å². The Morgan fingerprint density at radius 1 is 1.27 bits per heavy atom. The maximum atomic E-state index is 13.1. The summed E-state index contributed by atoms with van der Waals surface area (Å²) in [5, 5.41) is 3.94. The van der Waals surface area contributed by atoms with E-state index in [0.717, 1.165) is 34.6 Å². The maximum Gasteiger partial charge on any atom is 0.366 e. The van der Waals surface area contributed by atoms with E-state index in [4.69, 9.17) is 13.7 Å². The largest absolute Gasteiger partial charge is 0.497 e. The second kappa shape index (κ2) is 9.61. The summed E-state index contributed by atoms with van der Waals surface area (Å²) in [7, 11) is 1.31. The van der Waals surface area contributed by atoms with Crippen LogP contribution in [0.1, 0.15) is 26.3 Å². The number of esters is 1. The number of hydrogen-bond donors (Lipinski definition) is 1. The van der Waals surface area contributed by atoms with Gasteiger partial charge < -0.3 is 19.7 Å². The molecule has 2 heterocycles. The van der Waals surface area contributed by atoms with Crippen LogP contribution in [-0.4, -0.2) is 77.3 Å². The molecule has 1 aromatic carbocycles. The minimum atomic E-state index is -4.18. The molecule has 10 heteroatoms. The molecule has 0 bridgehead atoms. The van der Waals surface area contributed by atoms with Crippen molar-refractivity contribution in [1.82, 2.24) is 14.2 Å². The highest BCUT2D eigenvalue weighted by Gasteiger charge is 2.37. The summed E-state index contributed by atoms with van der Waals surface area (Å²) in [6.07, 6.45) is 2.24. The zero-order chi connectivity index (χ0) is 24.4. The van der Waals surface area contributed by atoms with Crippen LogP contribution in [-0.2, 0) is 30.4 Å². The molecule has 3 rings (SSSR count). The van der Waals surface area contributed by atoms with E-state index in [9.17, 15) is 13.2 Å². The molecule has 1 aliphatic rings. The fourth-order valence-electron chi connectivity index (χ4n) is 3.53. The van der Waals surface area contributed by atoms with Crippen LogP contribution < -0.4 is 10.1 Å². The average molecular weight is 482 g/mol. The lowest BCUT2D eigenvalue weighted by atomic mass is 9.85. The molecule has 0 atom stereocenters. The number of carbonyl (C=O) groups is 1. The molecule has 0 radical (unpaired) electrons. The Bertz CT molecular complexity index is 1100. The summed E-state index contributed by atoms with van der Waals surface area (Å²) >= 11 is 0. The molecule has 2 aromatic rings. The van der Waals surface area contributed by atoms with E-state index >= 15 is 0 Å². The van der Waals surface area contributed by atoms with Crippen LogP contribution in [0.3, 0.4) is 0 Å². The summed E-state index contributed by atoms with van der Waals surface area (Å²) in [5.41, 5.74) is 0.161. The molecule has 184 valence electrons. The van der Waals surface area contributed by atoms with Crippen LogP contribution in [0, 0.1) is 10.8 Å². The molecular weight excluding hydrogens is 446 g/mol. The Kier molecular flexibility index (Phi) is 7.42. The Hall–Kier alpha value is -2.14. The van der Waals surface area contributed by atoms with E-state index in [-0.39, 0.29) is 18.6 Å². The minimum Gasteiger partial charge on any atom is -0.497 e. The van der Waals surface area contributed by atoms with Gasteiger partial charge in [0.15, 0.2) is 0 Å². The number of rotatable bonds is 11. The van der Waals surface area contributed by atoms with Crippen molar-refractivity contribution in [2.45, 2.75) is 27.2 Å². The van der Waals surface area contributed by atoms with Crippen molar-refractivity contribution < 1.29 is 26.9 Å². The number of methoxy groups -OCH3 is 1. The van der Waals surface area contributed by atoms with Gasteiger partial charge in [-0.3, -0.25) is 8.98 Å². The predicted molar refractivity (Wildman–Crippen MR) is 127 cm³/mol. The SMILES string of the molecule is COc1ccc2c(c1)c(CCN(C)C)cn2S(=O)(=O)OCC(C)(C)C(=O)OCC1(C)CNC1. The van der Waals surface area contributed by atoms with E-state index in [1.807, 2.05) is 32.0 Å². The van der Waals surface area contributed by atoms with Gasteiger partial charge in [-0.05, 0) is 58.1 Å². The number of fused-ring (bicyclic) bond motifs is 1. The molecule has 0 aliphatic carbocycles. The molecular formula is C23H35N3O6S. The fourth-order valence-corrected chi connectivity index (χ4v) is 4.74. The smallest absolute Gasteiger partial charge is 0.366 e. The number of aromatic nitrogens is 1. The third-order valence-electron chi connectivity index (χ3n) is 5.91. The highest BCUT2D eigenvalue weighted by atomic mass is 32.2. The van der Waals surface area contributed by atoms with Gasteiger partial charge in [0.25, 0.3) is 0 Å². The van der Waals surface area contributed by atoms with Crippen molar-refractivity contribution >= 4 is 27.2 Å². The van der Waals surface area contributed by atoms with Gasteiger partial charge in [0.05, 0.1) is 31.3 Å². The van der Waals surface area contributed by atoms with Gasteiger partial charge >= 0.3 is 16.3 Å². The minimum absolute atomic E-state index is 0.0766. The Morgan fingerprint density at radius 2 is 1.97 bits per heavy atom. The van der Waals surface area contributed by atoms with Gasteiger partial charge in [0.1, 0.15) is 5.75 Å². The van der Waals surface area contributed by atoms with Crippen molar-refractivity contribution in [2.24, 2.45) is 10.8 Å². The lowest BCUT2D eigenvalue weighted by molar-refractivity contribution is -0.160. The van der Waals surface area contributed by atoms with Crippen LogP contribution in [0.2, 0.25) is 0 Å². The van der Waals surface area contributed by atoms with Gasteiger partial charge in [0, 0.05) is 36.6 Å². The zero-order valence-corrected chi connectivity index (χ0v) is 21.1. The molecule has 1 fully saturated rings. The quantitative estimate of drug-likeness (QED) is 0.487. The molecule has 9 nitrogen and oxygen atoms in total. The second-order valence-electron chi connectivity index (χ2n) is 9.98. The van der Waals surface area contributed by atoms with Crippen LogP contribution in [0.15, 0.2) is 24.4 Å². The monoisotopic (exact) mass is 481 g/mol. The molecule has 1 aliphatic heterocycles. The topological polar surface area (TPSA) is 99.1 Å². The molecule has 0 spiro atoms.